The molecular weight excluding hydrogens is 898 g/mol. The maximum atomic E-state index is 13.0. The minimum absolute atomic E-state index is 0.0215. The van der Waals surface area contributed by atoms with E-state index in [2.05, 4.69) is 42.7 Å². The number of unbranched alkanes of at least 4 members (excludes halogenated alkanes) is 20. The molecule has 1 saturated carbocycles. The van der Waals surface area contributed by atoms with Gasteiger partial charge in [-0.1, -0.05) is 141 Å². The Labute approximate surface area is 394 Å². The van der Waals surface area contributed by atoms with Crippen molar-refractivity contribution in [1.29, 1.82) is 0 Å². The lowest BCUT2D eigenvalue weighted by atomic mass is 9.85. The zero-order valence-corrected chi connectivity index (χ0v) is 41.6. The molecule has 2 aliphatic rings. The van der Waals surface area contributed by atoms with Crippen LogP contribution in [0.3, 0.4) is 0 Å². The minimum Gasteiger partial charge on any atom is -0.462 e. The second kappa shape index (κ2) is 35.5. The SMILES string of the molecule is CCCCC/C=C\CC1OC1CCCCCCCC(=O)O[C@H](COC(=O)CCCCCCCCC/C=C\CCCCCCCC)COP(=O)(O)O[C@H]1C(O)C(O)C(O)[C@@H](OP(=O)(O)O)C1O. The van der Waals surface area contributed by atoms with Crippen LogP contribution < -0.4 is 0 Å². The Balaban J connectivity index is 1.77. The van der Waals surface area contributed by atoms with Gasteiger partial charge in [0, 0.05) is 12.8 Å². The van der Waals surface area contributed by atoms with Gasteiger partial charge in [0.1, 0.15) is 43.2 Å². The molecule has 17 nitrogen and oxygen atoms in total. The normalized spacial score (nSPS) is 24.7. The molecule has 66 heavy (non-hydrogen) atoms. The Bertz CT molecular complexity index is 1440. The molecule has 0 amide bonds. The number of carbonyl (C=O) groups is 2. The van der Waals surface area contributed by atoms with E-state index in [4.69, 9.17) is 23.3 Å². The molecule has 19 heteroatoms. The second-order valence-electron chi connectivity index (χ2n) is 17.9. The van der Waals surface area contributed by atoms with E-state index in [1.54, 1.807) is 0 Å². The number of rotatable bonds is 41. The molecule has 0 aromatic rings. The highest BCUT2D eigenvalue weighted by molar-refractivity contribution is 7.47. The van der Waals surface area contributed by atoms with Crippen molar-refractivity contribution in [2.75, 3.05) is 13.2 Å². The number of ether oxygens (including phenoxy) is 3. The van der Waals surface area contributed by atoms with E-state index in [1.165, 1.54) is 57.8 Å². The standard InChI is InChI=1S/C47H86O17P2/c1-3-5-7-9-11-12-13-14-15-16-17-18-19-20-21-25-29-33-40(48)59-35-37(36-60-66(57,58)64-47-44(52)42(50)43(51)46(45(47)53)63-65(54,55)56)61-41(49)34-30-26-22-24-28-32-39-38(62-39)31-27-23-10-8-6-4-2/h14-15,23,27,37-39,42-47,50-53H,3-13,16-22,24-26,28-36H2,1-2H3,(H,57,58)(H2,54,55,56)/b15-14-,27-23-/t37-,38?,39?,42?,43?,44?,45?,46-,47+/m1/s1. The lowest BCUT2D eigenvalue weighted by Crippen LogP contribution is -2.64. The fourth-order valence-electron chi connectivity index (χ4n) is 7.91. The molecule has 1 heterocycles. The van der Waals surface area contributed by atoms with Crippen molar-refractivity contribution in [3.63, 3.8) is 0 Å². The number of hydrogen-bond donors (Lipinski definition) is 7. The van der Waals surface area contributed by atoms with E-state index in [-0.39, 0.29) is 12.8 Å². The number of carbonyl (C=O) groups excluding carboxylic acids is 2. The molecule has 0 aromatic carbocycles. The van der Waals surface area contributed by atoms with E-state index in [9.17, 15) is 53.8 Å². The molecule has 0 aromatic heterocycles. The molecule has 2 rings (SSSR count). The van der Waals surface area contributed by atoms with Crippen LogP contribution in [0, 0.1) is 0 Å². The summed E-state index contributed by atoms with van der Waals surface area (Å²) in [5, 5.41) is 41.3. The Morgan fingerprint density at radius 1 is 0.545 bits per heavy atom. The lowest BCUT2D eigenvalue weighted by molar-refractivity contribution is -0.216. The van der Waals surface area contributed by atoms with E-state index in [1.807, 2.05) is 0 Å². The van der Waals surface area contributed by atoms with Crippen molar-refractivity contribution in [2.24, 2.45) is 0 Å². The Kier molecular flexibility index (Phi) is 32.6. The number of epoxide rings is 1. The van der Waals surface area contributed by atoms with Crippen LogP contribution in [0.15, 0.2) is 24.3 Å². The van der Waals surface area contributed by atoms with Crippen LogP contribution in [0.4, 0.5) is 0 Å². The van der Waals surface area contributed by atoms with Crippen LogP contribution in [0.25, 0.3) is 0 Å². The topological polar surface area (TPSA) is 269 Å². The van der Waals surface area contributed by atoms with Gasteiger partial charge in [-0.15, -0.1) is 0 Å². The summed E-state index contributed by atoms with van der Waals surface area (Å²) in [6, 6.07) is 0. The summed E-state index contributed by atoms with van der Waals surface area (Å²) >= 11 is 0. The quantitative estimate of drug-likeness (QED) is 0.00992. The van der Waals surface area contributed by atoms with Gasteiger partial charge in [0.15, 0.2) is 6.10 Å². The first kappa shape index (κ1) is 60.6. The van der Waals surface area contributed by atoms with Crippen LogP contribution in [-0.4, -0.2) is 115 Å². The molecule has 0 radical (unpaired) electrons. The molecule has 1 aliphatic heterocycles. The largest absolute Gasteiger partial charge is 0.472 e. The van der Waals surface area contributed by atoms with E-state index < -0.39 is 83.5 Å². The Morgan fingerprint density at radius 3 is 1.59 bits per heavy atom. The minimum atomic E-state index is -5.37. The second-order valence-corrected chi connectivity index (χ2v) is 20.5. The van der Waals surface area contributed by atoms with Crippen LogP contribution in [0.5, 0.6) is 0 Å². The van der Waals surface area contributed by atoms with Crippen molar-refractivity contribution in [1.82, 2.24) is 0 Å². The van der Waals surface area contributed by atoms with Gasteiger partial charge < -0.3 is 49.3 Å². The number of aliphatic hydroxyl groups is 4. The summed E-state index contributed by atoms with van der Waals surface area (Å²) in [5.41, 5.74) is 0. The van der Waals surface area contributed by atoms with Crippen molar-refractivity contribution >= 4 is 27.6 Å². The van der Waals surface area contributed by atoms with Crippen molar-refractivity contribution < 1.29 is 81.6 Å². The van der Waals surface area contributed by atoms with E-state index in [0.29, 0.717) is 25.0 Å². The first-order valence-electron chi connectivity index (χ1n) is 25.0. The lowest BCUT2D eigenvalue weighted by Gasteiger charge is -2.43. The third-order valence-electron chi connectivity index (χ3n) is 11.9. The summed E-state index contributed by atoms with van der Waals surface area (Å²) in [5.74, 6) is -1.23. The van der Waals surface area contributed by atoms with Gasteiger partial charge in [0.05, 0.1) is 18.8 Å². The maximum absolute atomic E-state index is 13.0. The van der Waals surface area contributed by atoms with Crippen molar-refractivity contribution in [3.8, 4) is 0 Å². The zero-order valence-electron chi connectivity index (χ0n) is 39.8. The van der Waals surface area contributed by atoms with Crippen LogP contribution in [-0.2, 0) is 46.5 Å². The molecule has 386 valence electrons. The van der Waals surface area contributed by atoms with Gasteiger partial charge in [0.25, 0.3) is 0 Å². The van der Waals surface area contributed by atoms with Gasteiger partial charge >= 0.3 is 27.6 Å². The van der Waals surface area contributed by atoms with Gasteiger partial charge in [0.2, 0.25) is 0 Å². The Hall–Kier alpha value is -1.56. The highest BCUT2D eigenvalue weighted by Gasteiger charge is 2.54. The summed E-state index contributed by atoms with van der Waals surface area (Å²) in [7, 11) is -10.7. The fraction of sp³-hybridized carbons (Fsp3) is 0.872. The number of esters is 2. The van der Waals surface area contributed by atoms with Gasteiger partial charge in [-0.05, 0) is 64.2 Å². The number of aliphatic hydroxyl groups excluding tert-OH is 4. The molecule has 2 fully saturated rings. The average Bonchev–Trinajstić information content (AvgIpc) is 4.03. The predicted molar refractivity (Wildman–Crippen MR) is 250 cm³/mol. The van der Waals surface area contributed by atoms with Gasteiger partial charge in [-0.25, -0.2) is 9.13 Å². The molecular formula is C47H86O17P2. The van der Waals surface area contributed by atoms with E-state index in [0.717, 1.165) is 96.3 Å². The monoisotopic (exact) mass is 985 g/mol. The smallest absolute Gasteiger partial charge is 0.462 e. The molecule has 7 N–H and O–H groups in total. The average molecular weight is 985 g/mol. The molecule has 10 atom stereocenters. The first-order valence-corrected chi connectivity index (χ1v) is 28.0. The molecule has 1 aliphatic carbocycles. The number of allylic oxidation sites excluding steroid dienone is 3. The number of phosphoric acid groups is 2. The van der Waals surface area contributed by atoms with Crippen LogP contribution in [0.1, 0.15) is 194 Å². The highest BCUT2D eigenvalue weighted by atomic mass is 31.2. The number of hydrogen-bond acceptors (Lipinski definition) is 14. The molecule has 1 saturated heterocycles. The Morgan fingerprint density at radius 2 is 1.02 bits per heavy atom. The van der Waals surface area contributed by atoms with Crippen molar-refractivity contribution in [2.45, 2.75) is 249 Å². The molecule has 0 bridgehead atoms. The summed E-state index contributed by atoms with van der Waals surface area (Å²) in [6.45, 7) is 3.07. The third kappa shape index (κ3) is 28.8. The predicted octanol–water partition coefficient (Wildman–Crippen LogP) is 8.72. The molecule has 0 spiro atoms. The first-order chi connectivity index (χ1) is 31.6. The summed E-state index contributed by atoms with van der Waals surface area (Å²) in [4.78, 5) is 54.4. The van der Waals surface area contributed by atoms with Gasteiger partial charge in [-0.3, -0.25) is 23.2 Å². The van der Waals surface area contributed by atoms with Gasteiger partial charge in [-0.2, -0.15) is 0 Å². The summed E-state index contributed by atoms with van der Waals surface area (Å²) < 4.78 is 55.2. The van der Waals surface area contributed by atoms with Crippen LogP contribution >= 0.6 is 15.6 Å². The zero-order chi connectivity index (χ0) is 48.6. The van der Waals surface area contributed by atoms with Crippen LogP contribution in [0.2, 0.25) is 0 Å². The van der Waals surface area contributed by atoms with E-state index >= 15 is 0 Å². The third-order valence-corrected chi connectivity index (χ3v) is 13.4. The number of phosphoric ester groups is 2. The summed E-state index contributed by atoms with van der Waals surface area (Å²) in [6.07, 6.45) is 22.9. The van der Waals surface area contributed by atoms with Crippen molar-refractivity contribution in [3.05, 3.63) is 24.3 Å². The maximum Gasteiger partial charge on any atom is 0.472 e. The fourth-order valence-corrected chi connectivity index (χ4v) is 9.45. The molecule has 7 unspecified atom stereocenters. The highest BCUT2D eigenvalue weighted by Crippen LogP contribution is 2.49.